The van der Waals surface area contributed by atoms with Crippen molar-refractivity contribution in [3.05, 3.63) is 29.8 Å². The van der Waals surface area contributed by atoms with E-state index < -0.39 is 0 Å². The molecule has 0 aliphatic heterocycles. The van der Waals surface area contributed by atoms with E-state index in [1.54, 1.807) is 0 Å². The third kappa shape index (κ3) is 5.98. The first-order chi connectivity index (χ1) is 9.15. The largest absolute Gasteiger partial charge is 0.492 e. The molecular formula is C15H24IN3O. The number of nitrogens with one attached hydrogen (secondary N) is 1. The molecule has 0 aromatic heterocycles. The molecule has 2 rings (SSSR count). The number of guanidine groups is 1. The third-order valence-corrected chi connectivity index (χ3v) is 3.12. The lowest BCUT2D eigenvalue weighted by Crippen LogP contribution is -2.33. The van der Waals surface area contributed by atoms with Gasteiger partial charge < -0.3 is 15.8 Å². The minimum Gasteiger partial charge on any atom is -0.492 e. The molecule has 0 radical (unpaired) electrons. The molecule has 0 saturated heterocycles. The molecule has 1 aromatic carbocycles. The molecule has 1 aliphatic carbocycles. The molecule has 1 aromatic rings. The first-order valence-electron chi connectivity index (χ1n) is 6.94. The van der Waals surface area contributed by atoms with Gasteiger partial charge in [0, 0.05) is 6.04 Å². The number of aliphatic imine (C=N–C) groups is 1. The fraction of sp³-hybridized carbons (Fsp3) is 0.533. The number of hydrogen-bond donors (Lipinski definition) is 2. The molecule has 0 amide bonds. The number of ether oxygens (including phenoxy) is 1. The standard InChI is InChI=1S/C15H23N3O.HI/c1-11(2)12-3-7-14(8-4-12)19-10-9-17-15(16)18-13-5-6-13;/h3-4,7-8,11,13H,5-6,9-10H2,1-2H3,(H3,16,17,18);1H. The van der Waals surface area contributed by atoms with Crippen molar-refractivity contribution >= 4 is 29.9 Å². The average molecular weight is 389 g/mol. The number of benzene rings is 1. The van der Waals surface area contributed by atoms with Crippen LogP contribution in [0.5, 0.6) is 5.75 Å². The van der Waals surface area contributed by atoms with Crippen LogP contribution in [0.1, 0.15) is 38.2 Å². The van der Waals surface area contributed by atoms with Gasteiger partial charge in [0.15, 0.2) is 5.96 Å². The second-order valence-electron chi connectivity index (χ2n) is 5.26. The second-order valence-corrected chi connectivity index (χ2v) is 5.26. The van der Waals surface area contributed by atoms with E-state index in [9.17, 15) is 0 Å². The van der Waals surface area contributed by atoms with Gasteiger partial charge in [0.1, 0.15) is 12.4 Å². The highest BCUT2D eigenvalue weighted by Gasteiger charge is 2.21. The minimum absolute atomic E-state index is 0. The molecule has 1 fully saturated rings. The summed E-state index contributed by atoms with van der Waals surface area (Å²) in [5.74, 6) is 1.96. The van der Waals surface area contributed by atoms with Gasteiger partial charge in [-0.2, -0.15) is 0 Å². The number of hydrogen-bond acceptors (Lipinski definition) is 2. The Morgan fingerprint density at radius 1 is 1.35 bits per heavy atom. The first-order valence-corrected chi connectivity index (χ1v) is 6.94. The van der Waals surface area contributed by atoms with Crippen LogP contribution in [0, 0.1) is 0 Å². The highest BCUT2D eigenvalue weighted by molar-refractivity contribution is 14.0. The Kier molecular flexibility index (Phi) is 7.12. The topological polar surface area (TPSA) is 59.6 Å². The monoisotopic (exact) mass is 389 g/mol. The zero-order valence-electron chi connectivity index (χ0n) is 12.1. The maximum atomic E-state index is 5.73. The van der Waals surface area contributed by atoms with E-state index >= 15 is 0 Å². The predicted octanol–water partition coefficient (Wildman–Crippen LogP) is 2.87. The van der Waals surface area contributed by atoms with Crippen molar-refractivity contribution in [2.75, 3.05) is 13.2 Å². The molecule has 0 atom stereocenters. The van der Waals surface area contributed by atoms with Crippen LogP contribution in [0.3, 0.4) is 0 Å². The lowest BCUT2D eigenvalue weighted by atomic mass is 10.0. The van der Waals surface area contributed by atoms with Crippen LogP contribution in [0.25, 0.3) is 0 Å². The summed E-state index contributed by atoms with van der Waals surface area (Å²) in [6.07, 6.45) is 2.41. The zero-order chi connectivity index (χ0) is 13.7. The molecular weight excluding hydrogens is 365 g/mol. The fourth-order valence-corrected chi connectivity index (χ4v) is 1.76. The quantitative estimate of drug-likeness (QED) is 0.341. The molecule has 0 heterocycles. The Balaban J connectivity index is 0.00000200. The van der Waals surface area contributed by atoms with Crippen molar-refractivity contribution in [1.29, 1.82) is 0 Å². The molecule has 0 unspecified atom stereocenters. The predicted molar refractivity (Wildman–Crippen MR) is 94.1 cm³/mol. The highest BCUT2D eigenvalue weighted by atomic mass is 127. The number of nitrogens with two attached hydrogens (primary N) is 1. The third-order valence-electron chi connectivity index (χ3n) is 3.12. The van der Waals surface area contributed by atoms with E-state index in [0.717, 1.165) is 5.75 Å². The summed E-state index contributed by atoms with van der Waals surface area (Å²) in [5, 5.41) is 3.14. The van der Waals surface area contributed by atoms with Gasteiger partial charge in [-0.05, 0) is 36.5 Å². The number of nitrogens with zero attached hydrogens (tertiary/aromatic N) is 1. The number of halogens is 1. The van der Waals surface area contributed by atoms with Gasteiger partial charge in [0.2, 0.25) is 0 Å². The van der Waals surface area contributed by atoms with E-state index in [1.807, 2.05) is 12.1 Å². The van der Waals surface area contributed by atoms with E-state index in [2.05, 4.69) is 36.3 Å². The van der Waals surface area contributed by atoms with Crippen LogP contribution in [-0.4, -0.2) is 25.2 Å². The molecule has 20 heavy (non-hydrogen) atoms. The van der Waals surface area contributed by atoms with Crippen LogP contribution in [-0.2, 0) is 0 Å². The average Bonchev–Trinajstić information content (AvgIpc) is 3.19. The maximum Gasteiger partial charge on any atom is 0.188 e. The van der Waals surface area contributed by atoms with E-state index in [0.29, 0.717) is 31.1 Å². The van der Waals surface area contributed by atoms with Gasteiger partial charge in [-0.3, -0.25) is 0 Å². The Morgan fingerprint density at radius 3 is 2.55 bits per heavy atom. The smallest absolute Gasteiger partial charge is 0.188 e. The molecule has 112 valence electrons. The lowest BCUT2D eigenvalue weighted by Gasteiger charge is -2.08. The van der Waals surface area contributed by atoms with Crippen LogP contribution in [0.2, 0.25) is 0 Å². The Morgan fingerprint density at radius 2 is 2.00 bits per heavy atom. The number of rotatable bonds is 6. The van der Waals surface area contributed by atoms with Crippen molar-refractivity contribution in [2.24, 2.45) is 10.7 Å². The van der Waals surface area contributed by atoms with Crippen molar-refractivity contribution in [1.82, 2.24) is 5.32 Å². The normalized spacial score (nSPS) is 14.8. The van der Waals surface area contributed by atoms with Crippen molar-refractivity contribution < 1.29 is 4.74 Å². The molecule has 1 saturated carbocycles. The molecule has 5 heteroatoms. The first kappa shape index (κ1) is 17.1. The van der Waals surface area contributed by atoms with Crippen molar-refractivity contribution in [2.45, 2.75) is 38.6 Å². The van der Waals surface area contributed by atoms with Crippen LogP contribution >= 0.6 is 24.0 Å². The summed E-state index contributed by atoms with van der Waals surface area (Å²) in [5.41, 5.74) is 7.05. The Bertz CT molecular complexity index is 427. The van der Waals surface area contributed by atoms with Gasteiger partial charge in [-0.1, -0.05) is 26.0 Å². The van der Waals surface area contributed by atoms with Crippen LogP contribution in [0.15, 0.2) is 29.3 Å². The van der Waals surface area contributed by atoms with Crippen LogP contribution in [0.4, 0.5) is 0 Å². The van der Waals surface area contributed by atoms with Gasteiger partial charge in [0.05, 0.1) is 6.54 Å². The molecule has 0 spiro atoms. The summed E-state index contributed by atoms with van der Waals surface area (Å²) < 4.78 is 5.62. The molecule has 3 N–H and O–H groups in total. The summed E-state index contributed by atoms with van der Waals surface area (Å²) in [6.45, 7) is 5.49. The highest BCUT2D eigenvalue weighted by Crippen LogP contribution is 2.19. The van der Waals surface area contributed by atoms with Gasteiger partial charge >= 0.3 is 0 Å². The SMILES string of the molecule is CC(C)c1ccc(OCCN=C(N)NC2CC2)cc1.I. The van der Waals surface area contributed by atoms with E-state index in [1.165, 1.54) is 18.4 Å². The van der Waals surface area contributed by atoms with Gasteiger partial charge in [-0.25, -0.2) is 4.99 Å². The van der Waals surface area contributed by atoms with E-state index in [4.69, 9.17) is 10.5 Å². The van der Waals surface area contributed by atoms with E-state index in [-0.39, 0.29) is 24.0 Å². The van der Waals surface area contributed by atoms with Gasteiger partial charge in [0.25, 0.3) is 0 Å². The maximum absolute atomic E-state index is 5.73. The van der Waals surface area contributed by atoms with Crippen LogP contribution < -0.4 is 15.8 Å². The summed E-state index contributed by atoms with van der Waals surface area (Å²) in [4.78, 5) is 4.22. The summed E-state index contributed by atoms with van der Waals surface area (Å²) in [7, 11) is 0. The van der Waals surface area contributed by atoms with Crippen molar-refractivity contribution in [3.63, 3.8) is 0 Å². The lowest BCUT2D eigenvalue weighted by molar-refractivity contribution is 0.328. The summed E-state index contributed by atoms with van der Waals surface area (Å²) in [6, 6.07) is 8.77. The fourth-order valence-electron chi connectivity index (χ4n) is 1.76. The second kappa shape index (κ2) is 8.34. The minimum atomic E-state index is 0. The molecule has 4 nitrogen and oxygen atoms in total. The Labute approximate surface area is 138 Å². The van der Waals surface area contributed by atoms with Crippen molar-refractivity contribution in [3.8, 4) is 5.75 Å². The summed E-state index contributed by atoms with van der Waals surface area (Å²) >= 11 is 0. The zero-order valence-corrected chi connectivity index (χ0v) is 14.5. The van der Waals surface area contributed by atoms with Gasteiger partial charge in [-0.15, -0.1) is 24.0 Å². The molecule has 0 bridgehead atoms. The molecule has 1 aliphatic rings. The Hall–Kier alpha value is -0.980.